The first kappa shape index (κ1) is 13.5. The van der Waals surface area contributed by atoms with Gasteiger partial charge in [-0.3, -0.25) is 9.69 Å². The first-order valence-electron chi connectivity index (χ1n) is 6.37. The summed E-state index contributed by atoms with van der Waals surface area (Å²) in [7, 11) is 2.03. The Morgan fingerprint density at radius 3 is 2.75 bits per heavy atom. The Bertz CT molecular complexity index is 220. The van der Waals surface area contributed by atoms with E-state index in [9.17, 15) is 4.79 Å². The molecule has 94 valence electrons. The molecule has 1 saturated heterocycles. The molecule has 2 unspecified atom stereocenters. The molecule has 0 spiro atoms. The summed E-state index contributed by atoms with van der Waals surface area (Å²) in [5, 5.41) is 6.23. The van der Waals surface area contributed by atoms with Gasteiger partial charge >= 0.3 is 0 Å². The molecule has 0 aliphatic carbocycles. The van der Waals surface area contributed by atoms with Crippen molar-refractivity contribution in [1.29, 1.82) is 0 Å². The maximum absolute atomic E-state index is 11.5. The molecule has 2 N–H and O–H groups in total. The highest BCUT2D eigenvalue weighted by Gasteiger charge is 2.27. The monoisotopic (exact) mass is 227 g/mol. The second kappa shape index (κ2) is 6.86. The van der Waals surface area contributed by atoms with Gasteiger partial charge in [-0.15, -0.1) is 0 Å². The van der Waals surface area contributed by atoms with E-state index in [1.165, 1.54) is 6.42 Å². The van der Waals surface area contributed by atoms with Crippen LogP contribution >= 0.6 is 0 Å². The lowest BCUT2D eigenvalue weighted by Crippen LogP contribution is -2.50. The van der Waals surface area contributed by atoms with Crippen LogP contribution in [0.2, 0.25) is 0 Å². The van der Waals surface area contributed by atoms with Gasteiger partial charge in [-0.05, 0) is 26.3 Å². The summed E-state index contributed by atoms with van der Waals surface area (Å²) in [6.45, 7) is 7.53. The summed E-state index contributed by atoms with van der Waals surface area (Å²) in [5.74, 6) is 0.827. The van der Waals surface area contributed by atoms with Crippen molar-refractivity contribution in [3.8, 4) is 0 Å². The lowest BCUT2D eigenvalue weighted by atomic mass is 9.90. The Labute approximate surface area is 98.8 Å². The molecule has 4 heteroatoms. The highest BCUT2D eigenvalue weighted by molar-refractivity contribution is 5.77. The molecule has 1 rings (SSSR count). The van der Waals surface area contributed by atoms with Crippen molar-refractivity contribution in [2.24, 2.45) is 5.92 Å². The zero-order valence-electron chi connectivity index (χ0n) is 10.8. The summed E-state index contributed by atoms with van der Waals surface area (Å²) in [5.41, 5.74) is 0. The number of piperidine rings is 1. The zero-order chi connectivity index (χ0) is 12.0. The summed E-state index contributed by atoms with van der Waals surface area (Å²) in [6.07, 6.45) is 2.33. The van der Waals surface area contributed by atoms with Gasteiger partial charge < -0.3 is 10.6 Å². The van der Waals surface area contributed by atoms with E-state index in [1.54, 1.807) is 0 Å². The molecule has 4 nitrogen and oxygen atoms in total. The van der Waals surface area contributed by atoms with Crippen molar-refractivity contribution in [3.63, 3.8) is 0 Å². The van der Waals surface area contributed by atoms with Crippen LogP contribution < -0.4 is 10.6 Å². The lowest BCUT2D eigenvalue weighted by Gasteiger charge is -2.37. The van der Waals surface area contributed by atoms with Gasteiger partial charge in [0.15, 0.2) is 0 Å². The van der Waals surface area contributed by atoms with Gasteiger partial charge in [0, 0.05) is 25.7 Å². The maximum atomic E-state index is 11.5. The third-order valence-electron chi connectivity index (χ3n) is 3.45. The topological polar surface area (TPSA) is 44.4 Å². The SMILES string of the molecule is CCNC(=O)CN1CCC(NC)C(CC)C1. The van der Waals surface area contributed by atoms with Crippen LogP contribution in [0.1, 0.15) is 26.7 Å². The van der Waals surface area contributed by atoms with Crippen molar-refractivity contribution in [1.82, 2.24) is 15.5 Å². The normalized spacial score (nSPS) is 26.7. The van der Waals surface area contributed by atoms with Gasteiger partial charge in [0.1, 0.15) is 0 Å². The van der Waals surface area contributed by atoms with Gasteiger partial charge in [0.25, 0.3) is 0 Å². The maximum Gasteiger partial charge on any atom is 0.234 e. The van der Waals surface area contributed by atoms with Gasteiger partial charge in [0.05, 0.1) is 6.54 Å². The number of nitrogens with one attached hydrogen (secondary N) is 2. The molecule has 0 aromatic heterocycles. The van der Waals surface area contributed by atoms with Crippen molar-refractivity contribution in [3.05, 3.63) is 0 Å². The number of hydrogen-bond acceptors (Lipinski definition) is 3. The number of likely N-dealkylation sites (N-methyl/N-ethyl adjacent to an activating group) is 1. The molecule has 1 aliphatic rings. The summed E-state index contributed by atoms with van der Waals surface area (Å²) in [6, 6.07) is 0.621. The molecular weight excluding hydrogens is 202 g/mol. The minimum atomic E-state index is 0.153. The van der Waals surface area contributed by atoms with Crippen LogP contribution in [0.3, 0.4) is 0 Å². The second-order valence-electron chi connectivity index (χ2n) is 4.54. The Kier molecular flexibility index (Phi) is 5.77. The molecule has 0 saturated carbocycles. The van der Waals surface area contributed by atoms with Gasteiger partial charge in [-0.1, -0.05) is 13.3 Å². The van der Waals surface area contributed by atoms with Crippen molar-refractivity contribution >= 4 is 5.91 Å². The zero-order valence-corrected chi connectivity index (χ0v) is 10.8. The predicted octanol–water partition coefficient (Wildman–Crippen LogP) is 0.442. The van der Waals surface area contributed by atoms with Crippen molar-refractivity contribution in [2.75, 3.05) is 33.2 Å². The van der Waals surface area contributed by atoms with Crippen LogP contribution in [-0.4, -0.2) is 50.1 Å². The number of likely N-dealkylation sites (tertiary alicyclic amines) is 1. The Morgan fingerprint density at radius 2 is 2.19 bits per heavy atom. The summed E-state index contributed by atoms with van der Waals surface area (Å²) in [4.78, 5) is 13.8. The molecule has 1 aliphatic heterocycles. The molecule has 0 aromatic rings. The summed E-state index contributed by atoms with van der Waals surface area (Å²) >= 11 is 0. The number of nitrogens with zero attached hydrogens (tertiary/aromatic N) is 1. The van der Waals surface area contributed by atoms with Crippen LogP contribution in [-0.2, 0) is 4.79 Å². The molecular formula is C12H25N3O. The fraction of sp³-hybridized carbons (Fsp3) is 0.917. The van der Waals surface area contributed by atoms with Crippen molar-refractivity contribution in [2.45, 2.75) is 32.7 Å². The number of rotatable bonds is 5. The van der Waals surface area contributed by atoms with Crippen LogP contribution in [0.4, 0.5) is 0 Å². The highest BCUT2D eigenvalue weighted by atomic mass is 16.2. The summed E-state index contributed by atoms with van der Waals surface area (Å²) < 4.78 is 0. The third-order valence-corrected chi connectivity index (χ3v) is 3.45. The third kappa shape index (κ3) is 3.76. The average Bonchev–Trinajstić information content (AvgIpc) is 2.29. The molecule has 2 atom stereocenters. The van der Waals surface area contributed by atoms with E-state index in [4.69, 9.17) is 0 Å². The standard InChI is InChI=1S/C12H25N3O/c1-4-10-8-15(7-6-11(10)13-3)9-12(16)14-5-2/h10-11,13H,4-9H2,1-3H3,(H,14,16). The van der Waals surface area contributed by atoms with E-state index in [1.807, 2.05) is 14.0 Å². The van der Waals surface area contributed by atoms with Crippen molar-refractivity contribution < 1.29 is 4.79 Å². The lowest BCUT2D eigenvalue weighted by molar-refractivity contribution is -0.122. The fourth-order valence-corrected chi connectivity index (χ4v) is 2.50. The van der Waals surface area contributed by atoms with E-state index >= 15 is 0 Å². The molecule has 0 radical (unpaired) electrons. The molecule has 0 aromatic carbocycles. The van der Waals surface area contributed by atoms with Gasteiger partial charge in [0.2, 0.25) is 5.91 Å². The van der Waals surface area contributed by atoms with E-state index in [0.29, 0.717) is 18.5 Å². The Hall–Kier alpha value is -0.610. The largest absolute Gasteiger partial charge is 0.355 e. The van der Waals surface area contributed by atoms with Crippen LogP contribution in [0.5, 0.6) is 0 Å². The molecule has 1 amide bonds. The predicted molar refractivity (Wildman–Crippen MR) is 66.4 cm³/mol. The molecule has 16 heavy (non-hydrogen) atoms. The van der Waals surface area contributed by atoms with Crippen LogP contribution in [0, 0.1) is 5.92 Å². The Balaban J connectivity index is 2.38. The number of hydrogen-bond donors (Lipinski definition) is 2. The van der Waals surface area contributed by atoms with Gasteiger partial charge in [-0.2, -0.15) is 0 Å². The molecule has 0 bridgehead atoms. The average molecular weight is 227 g/mol. The number of carbonyl (C=O) groups is 1. The smallest absolute Gasteiger partial charge is 0.234 e. The van der Waals surface area contributed by atoms with Crippen LogP contribution in [0.15, 0.2) is 0 Å². The first-order chi connectivity index (χ1) is 7.71. The number of amides is 1. The highest BCUT2D eigenvalue weighted by Crippen LogP contribution is 2.19. The molecule has 1 fully saturated rings. The van der Waals surface area contributed by atoms with Gasteiger partial charge in [-0.25, -0.2) is 0 Å². The van der Waals surface area contributed by atoms with E-state index in [2.05, 4.69) is 22.5 Å². The second-order valence-corrected chi connectivity index (χ2v) is 4.54. The number of carbonyl (C=O) groups excluding carboxylic acids is 1. The van der Waals surface area contributed by atoms with Crippen LogP contribution in [0.25, 0.3) is 0 Å². The first-order valence-corrected chi connectivity index (χ1v) is 6.37. The minimum Gasteiger partial charge on any atom is -0.355 e. The Morgan fingerprint density at radius 1 is 1.44 bits per heavy atom. The molecule has 1 heterocycles. The van der Waals surface area contributed by atoms with E-state index in [0.717, 1.165) is 26.1 Å². The minimum absolute atomic E-state index is 0.153. The van der Waals surface area contributed by atoms with E-state index in [-0.39, 0.29) is 5.91 Å². The van der Waals surface area contributed by atoms with E-state index < -0.39 is 0 Å². The fourth-order valence-electron chi connectivity index (χ4n) is 2.50. The quantitative estimate of drug-likeness (QED) is 0.716.